The Labute approximate surface area is 122 Å². The van der Waals surface area contributed by atoms with E-state index >= 15 is 0 Å². The molecule has 0 fully saturated rings. The lowest BCUT2D eigenvalue weighted by Crippen LogP contribution is -2.08. The Balaban J connectivity index is 3.32. The molecular formula is C17H28O3. The van der Waals surface area contributed by atoms with Crippen molar-refractivity contribution in [2.24, 2.45) is 0 Å². The maximum Gasteiger partial charge on any atom is 0.376 e. The van der Waals surface area contributed by atoms with Gasteiger partial charge in [-0.2, -0.15) is 0 Å². The van der Waals surface area contributed by atoms with Crippen molar-refractivity contribution in [1.29, 1.82) is 0 Å². The number of hydrogen-bond donors (Lipinski definition) is 1. The summed E-state index contributed by atoms with van der Waals surface area (Å²) >= 11 is 0. The zero-order valence-corrected chi connectivity index (χ0v) is 12.6. The summed E-state index contributed by atoms with van der Waals surface area (Å²) in [5, 5.41) is 8.35. The fraction of sp³-hybridized carbons (Fsp3) is 0.647. The van der Waals surface area contributed by atoms with Crippen LogP contribution in [0, 0.1) is 0 Å². The first-order valence-corrected chi connectivity index (χ1v) is 7.77. The smallest absolute Gasteiger partial charge is 0.376 e. The molecule has 0 bridgehead atoms. The molecule has 0 saturated carbocycles. The van der Waals surface area contributed by atoms with Crippen LogP contribution in [-0.2, 0) is 9.59 Å². The van der Waals surface area contributed by atoms with Crippen LogP contribution < -0.4 is 0 Å². The number of carboxylic acid groups (broad SMARTS) is 1. The predicted molar refractivity (Wildman–Crippen MR) is 82.8 cm³/mol. The summed E-state index contributed by atoms with van der Waals surface area (Å²) in [5.41, 5.74) is 0. The highest BCUT2D eigenvalue weighted by Gasteiger charge is 2.04. The third-order valence-electron chi connectivity index (χ3n) is 3.14. The van der Waals surface area contributed by atoms with E-state index in [2.05, 4.69) is 13.0 Å². The van der Waals surface area contributed by atoms with Crippen LogP contribution in [0.5, 0.6) is 0 Å². The molecule has 0 aliphatic carbocycles. The number of carbonyl (C=O) groups excluding carboxylic acids is 1. The Bertz CT molecular complexity index is 316. The number of ketones is 1. The van der Waals surface area contributed by atoms with E-state index in [-0.39, 0.29) is 0 Å². The number of allylic oxidation sites excluding steroid dienone is 3. The highest BCUT2D eigenvalue weighted by atomic mass is 16.4. The molecule has 1 N–H and O–H groups in total. The number of aliphatic carboxylic acids is 1. The van der Waals surface area contributed by atoms with Gasteiger partial charge >= 0.3 is 5.97 Å². The molecule has 0 spiro atoms. The molecule has 0 radical (unpaired) electrons. The average molecular weight is 280 g/mol. The van der Waals surface area contributed by atoms with Gasteiger partial charge in [0.2, 0.25) is 0 Å². The van der Waals surface area contributed by atoms with Crippen LogP contribution >= 0.6 is 0 Å². The van der Waals surface area contributed by atoms with Gasteiger partial charge in [0.15, 0.2) is 0 Å². The quantitative estimate of drug-likeness (QED) is 0.231. The molecule has 0 unspecified atom stereocenters. The van der Waals surface area contributed by atoms with Crippen LogP contribution in [0.25, 0.3) is 0 Å². The first-order chi connectivity index (χ1) is 9.68. The third kappa shape index (κ3) is 13.1. The minimum Gasteiger partial charge on any atom is -0.475 e. The summed E-state index contributed by atoms with van der Waals surface area (Å²) in [6.45, 7) is 2.24. The monoisotopic (exact) mass is 280 g/mol. The Morgan fingerprint density at radius 2 is 1.45 bits per heavy atom. The van der Waals surface area contributed by atoms with E-state index in [9.17, 15) is 9.59 Å². The lowest BCUT2D eigenvalue weighted by atomic mass is 10.1. The summed E-state index contributed by atoms with van der Waals surface area (Å²) in [4.78, 5) is 21.0. The van der Waals surface area contributed by atoms with Crippen LogP contribution in [0.4, 0.5) is 0 Å². The van der Waals surface area contributed by atoms with Gasteiger partial charge in [-0.3, -0.25) is 4.79 Å². The fourth-order valence-electron chi connectivity index (χ4n) is 1.94. The molecular weight excluding hydrogens is 252 g/mol. The van der Waals surface area contributed by atoms with Crippen molar-refractivity contribution in [3.05, 3.63) is 24.3 Å². The molecule has 0 heterocycles. The van der Waals surface area contributed by atoms with Gasteiger partial charge in [-0.15, -0.1) is 0 Å². The topological polar surface area (TPSA) is 54.4 Å². The van der Waals surface area contributed by atoms with Gasteiger partial charge in [-0.25, -0.2) is 4.79 Å². The van der Waals surface area contributed by atoms with E-state index in [0.29, 0.717) is 6.42 Å². The van der Waals surface area contributed by atoms with Gasteiger partial charge in [0.25, 0.3) is 5.78 Å². The normalized spacial score (nSPS) is 11.4. The molecule has 0 aliphatic rings. The summed E-state index contributed by atoms with van der Waals surface area (Å²) in [6.07, 6.45) is 19.0. The van der Waals surface area contributed by atoms with Gasteiger partial charge in [0.05, 0.1) is 0 Å². The van der Waals surface area contributed by atoms with Gasteiger partial charge in [-0.05, 0) is 25.3 Å². The van der Waals surface area contributed by atoms with Crippen molar-refractivity contribution in [3.8, 4) is 0 Å². The molecule has 114 valence electrons. The first-order valence-electron chi connectivity index (χ1n) is 7.77. The van der Waals surface area contributed by atoms with E-state index in [0.717, 1.165) is 12.5 Å². The second-order valence-electron chi connectivity index (χ2n) is 5.04. The van der Waals surface area contributed by atoms with Crippen molar-refractivity contribution in [2.45, 2.75) is 71.1 Å². The molecule has 0 rings (SSSR count). The van der Waals surface area contributed by atoms with Crippen LogP contribution in [0.15, 0.2) is 24.3 Å². The van der Waals surface area contributed by atoms with Crippen LogP contribution in [0.3, 0.4) is 0 Å². The number of carbonyl (C=O) groups is 2. The maximum absolute atomic E-state index is 10.7. The minimum absolute atomic E-state index is 0.621. The number of unbranched alkanes of at least 4 members (excludes halogenated alkanes) is 8. The number of carboxylic acids is 1. The standard InChI is InChI=1S/C17H28O3/c1-2-3-4-5-6-7-8-9-10-11-12-13-14-15-16(18)17(19)20/h11-12,14-15H,2-10,13H2,1H3,(H,19,20). The molecule has 0 amide bonds. The number of rotatable bonds is 13. The molecule has 0 saturated heterocycles. The second kappa shape index (κ2) is 14.0. The summed E-state index contributed by atoms with van der Waals surface area (Å²) in [6, 6.07) is 0. The Morgan fingerprint density at radius 1 is 0.850 bits per heavy atom. The largest absolute Gasteiger partial charge is 0.475 e. The highest BCUT2D eigenvalue weighted by Crippen LogP contribution is 2.09. The molecule has 3 nitrogen and oxygen atoms in total. The molecule has 0 atom stereocenters. The lowest BCUT2D eigenvalue weighted by Gasteiger charge is -1.99. The Kier molecular flexibility index (Phi) is 13.1. The fourth-order valence-corrected chi connectivity index (χ4v) is 1.94. The zero-order valence-electron chi connectivity index (χ0n) is 12.6. The second-order valence-corrected chi connectivity index (χ2v) is 5.04. The van der Waals surface area contributed by atoms with Crippen molar-refractivity contribution in [1.82, 2.24) is 0 Å². The van der Waals surface area contributed by atoms with Crippen LogP contribution in [-0.4, -0.2) is 16.9 Å². The first kappa shape index (κ1) is 18.6. The highest BCUT2D eigenvalue weighted by molar-refractivity contribution is 6.37. The van der Waals surface area contributed by atoms with Gasteiger partial charge in [-0.1, -0.05) is 70.1 Å². The van der Waals surface area contributed by atoms with E-state index < -0.39 is 11.8 Å². The molecule has 0 aromatic carbocycles. The van der Waals surface area contributed by atoms with E-state index in [1.165, 1.54) is 51.4 Å². The van der Waals surface area contributed by atoms with Gasteiger partial charge in [0.1, 0.15) is 0 Å². The molecule has 0 aromatic rings. The summed E-state index contributed by atoms with van der Waals surface area (Å²) < 4.78 is 0. The summed E-state index contributed by atoms with van der Waals surface area (Å²) in [7, 11) is 0. The lowest BCUT2D eigenvalue weighted by molar-refractivity contribution is -0.146. The van der Waals surface area contributed by atoms with Crippen molar-refractivity contribution >= 4 is 11.8 Å². The molecule has 0 aromatic heterocycles. The average Bonchev–Trinajstić information content (AvgIpc) is 2.43. The zero-order chi connectivity index (χ0) is 15.1. The van der Waals surface area contributed by atoms with E-state index in [4.69, 9.17) is 5.11 Å². The van der Waals surface area contributed by atoms with E-state index in [1.807, 2.05) is 6.08 Å². The van der Waals surface area contributed by atoms with Crippen molar-refractivity contribution in [2.75, 3.05) is 0 Å². The third-order valence-corrected chi connectivity index (χ3v) is 3.14. The molecule has 0 aliphatic heterocycles. The Hall–Kier alpha value is -1.38. The SMILES string of the molecule is CCCCCCCCCCC=CCC=CC(=O)C(=O)O. The van der Waals surface area contributed by atoms with E-state index in [1.54, 1.807) is 6.08 Å². The Morgan fingerprint density at radius 3 is 2.05 bits per heavy atom. The van der Waals surface area contributed by atoms with Crippen LogP contribution in [0.1, 0.15) is 71.1 Å². The molecule has 20 heavy (non-hydrogen) atoms. The van der Waals surface area contributed by atoms with Crippen molar-refractivity contribution < 1.29 is 14.7 Å². The molecule has 3 heteroatoms. The minimum atomic E-state index is -1.40. The van der Waals surface area contributed by atoms with Gasteiger partial charge in [0, 0.05) is 0 Å². The summed E-state index contributed by atoms with van der Waals surface area (Å²) in [5.74, 6) is -2.26. The predicted octanol–water partition coefficient (Wildman–Crippen LogP) is 4.67. The van der Waals surface area contributed by atoms with Crippen LogP contribution in [0.2, 0.25) is 0 Å². The maximum atomic E-state index is 10.7. The van der Waals surface area contributed by atoms with Crippen molar-refractivity contribution in [3.63, 3.8) is 0 Å². The van der Waals surface area contributed by atoms with Gasteiger partial charge < -0.3 is 5.11 Å². The number of hydrogen-bond acceptors (Lipinski definition) is 2.